The van der Waals surface area contributed by atoms with Crippen LogP contribution in [0.15, 0.2) is 15.8 Å². The third-order valence-corrected chi connectivity index (χ3v) is 2.12. The van der Waals surface area contributed by atoms with Gasteiger partial charge in [-0.05, 0) is 0 Å². The first-order valence-electron chi connectivity index (χ1n) is 4.51. The van der Waals surface area contributed by atoms with E-state index in [1.165, 1.54) is 14.2 Å². The quantitative estimate of drug-likeness (QED) is 0.705. The molecule has 7 nitrogen and oxygen atoms in total. The molecule has 0 radical (unpaired) electrons. The van der Waals surface area contributed by atoms with Gasteiger partial charge < -0.3 is 9.84 Å². The van der Waals surface area contributed by atoms with E-state index < -0.39 is 22.8 Å². The second-order valence-electron chi connectivity index (χ2n) is 3.18. The summed E-state index contributed by atoms with van der Waals surface area (Å²) in [6.07, 6.45) is 1.03. The van der Waals surface area contributed by atoms with Gasteiger partial charge in [-0.3, -0.25) is 13.9 Å². The van der Waals surface area contributed by atoms with Gasteiger partial charge in [0, 0.05) is 20.4 Å². The van der Waals surface area contributed by atoms with Crippen LogP contribution in [0.25, 0.3) is 0 Å². The van der Waals surface area contributed by atoms with E-state index in [9.17, 15) is 14.4 Å². The van der Waals surface area contributed by atoms with Gasteiger partial charge in [-0.2, -0.15) is 0 Å². The Kier molecular flexibility index (Phi) is 3.62. The Morgan fingerprint density at radius 2 is 2.12 bits per heavy atom. The summed E-state index contributed by atoms with van der Waals surface area (Å²) >= 11 is 0. The monoisotopic (exact) mass is 228 g/mol. The Bertz CT molecular complexity index is 514. The number of hydrogen-bond donors (Lipinski definition) is 1. The molecule has 1 N–H and O–H groups in total. The van der Waals surface area contributed by atoms with Gasteiger partial charge in [0.25, 0.3) is 5.56 Å². The molecule has 7 heteroatoms. The summed E-state index contributed by atoms with van der Waals surface area (Å²) in [6, 6.07) is 0. The molecule has 1 aromatic rings. The predicted molar refractivity (Wildman–Crippen MR) is 54.8 cm³/mol. The van der Waals surface area contributed by atoms with E-state index in [4.69, 9.17) is 9.84 Å². The normalized spacial score (nSPS) is 10.4. The smallest absolute Gasteiger partial charge is 0.342 e. The van der Waals surface area contributed by atoms with Gasteiger partial charge in [-0.1, -0.05) is 0 Å². The highest BCUT2D eigenvalue weighted by molar-refractivity contribution is 5.86. The van der Waals surface area contributed by atoms with Gasteiger partial charge in [0.15, 0.2) is 0 Å². The average molecular weight is 228 g/mol. The van der Waals surface area contributed by atoms with Gasteiger partial charge in [0.05, 0.1) is 13.2 Å². The number of carbonyl (C=O) groups is 1. The third kappa shape index (κ3) is 2.19. The zero-order valence-electron chi connectivity index (χ0n) is 8.97. The van der Waals surface area contributed by atoms with E-state index in [2.05, 4.69) is 0 Å². The number of aromatic carboxylic acids is 1. The van der Waals surface area contributed by atoms with Crippen LogP contribution in [0.1, 0.15) is 10.4 Å². The van der Waals surface area contributed by atoms with E-state index >= 15 is 0 Å². The molecular weight excluding hydrogens is 216 g/mol. The van der Waals surface area contributed by atoms with Crippen molar-refractivity contribution in [3.63, 3.8) is 0 Å². The molecule has 0 aliphatic heterocycles. The van der Waals surface area contributed by atoms with Crippen LogP contribution in [0, 0.1) is 0 Å². The highest BCUT2D eigenvalue weighted by Crippen LogP contribution is 1.89. The van der Waals surface area contributed by atoms with Crippen LogP contribution < -0.4 is 11.2 Å². The van der Waals surface area contributed by atoms with Crippen LogP contribution >= 0.6 is 0 Å². The fraction of sp³-hybridized carbons (Fsp3) is 0.444. The molecule has 0 unspecified atom stereocenters. The van der Waals surface area contributed by atoms with Gasteiger partial charge in [-0.15, -0.1) is 0 Å². The fourth-order valence-electron chi connectivity index (χ4n) is 1.22. The van der Waals surface area contributed by atoms with Crippen LogP contribution in [0.4, 0.5) is 0 Å². The summed E-state index contributed by atoms with van der Waals surface area (Å²) < 4.78 is 6.67. The average Bonchev–Trinajstić information content (AvgIpc) is 2.24. The Hall–Kier alpha value is -1.89. The molecule has 0 bridgehead atoms. The number of hydrogen-bond acceptors (Lipinski definition) is 4. The van der Waals surface area contributed by atoms with Crippen molar-refractivity contribution < 1.29 is 14.6 Å². The van der Waals surface area contributed by atoms with E-state index in [0.717, 1.165) is 15.3 Å². The molecule has 0 aliphatic rings. The molecule has 1 heterocycles. The summed E-state index contributed by atoms with van der Waals surface area (Å²) in [5.41, 5.74) is -1.81. The lowest BCUT2D eigenvalue weighted by Crippen LogP contribution is -2.41. The molecule has 0 aromatic carbocycles. The van der Waals surface area contributed by atoms with Crippen molar-refractivity contribution in [2.24, 2.45) is 7.05 Å². The van der Waals surface area contributed by atoms with Gasteiger partial charge in [0.1, 0.15) is 5.56 Å². The molecule has 0 spiro atoms. The minimum atomic E-state index is -1.35. The number of carboxylic acids is 1. The molecule has 88 valence electrons. The van der Waals surface area contributed by atoms with E-state index in [1.54, 1.807) is 0 Å². The summed E-state index contributed by atoms with van der Waals surface area (Å²) in [7, 11) is 2.70. The Morgan fingerprint density at radius 1 is 1.50 bits per heavy atom. The Balaban J connectivity index is 3.36. The van der Waals surface area contributed by atoms with Gasteiger partial charge in [0.2, 0.25) is 0 Å². The van der Waals surface area contributed by atoms with Gasteiger partial charge >= 0.3 is 11.7 Å². The highest BCUT2D eigenvalue weighted by Gasteiger charge is 2.13. The van der Waals surface area contributed by atoms with E-state index in [0.29, 0.717) is 0 Å². The lowest BCUT2D eigenvalue weighted by Gasteiger charge is -2.07. The van der Waals surface area contributed by atoms with Crippen LogP contribution in [0.3, 0.4) is 0 Å². The number of carboxylic acid groups (broad SMARTS) is 1. The second kappa shape index (κ2) is 4.75. The molecular formula is C9H12N2O5. The lowest BCUT2D eigenvalue weighted by atomic mass is 10.3. The topological polar surface area (TPSA) is 90.5 Å². The number of ether oxygens (including phenoxy) is 1. The van der Waals surface area contributed by atoms with E-state index in [-0.39, 0.29) is 13.2 Å². The molecule has 0 amide bonds. The van der Waals surface area contributed by atoms with Crippen molar-refractivity contribution in [1.82, 2.24) is 9.13 Å². The molecule has 0 fully saturated rings. The zero-order valence-corrected chi connectivity index (χ0v) is 8.97. The number of aromatic nitrogens is 2. The number of rotatable bonds is 4. The van der Waals surface area contributed by atoms with Crippen molar-refractivity contribution in [2.75, 3.05) is 13.7 Å². The van der Waals surface area contributed by atoms with Crippen molar-refractivity contribution in [1.29, 1.82) is 0 Å². The second-order valence-corrected chi connectivity index (χ2v) is 3.18. The molecule has 16 heavy (non-hydrogen) atoms. The minimum Gasteiger partial charge on any atom is -0.477 e. The summed E-state index contributed by atoms with van der Waals surface area (Å²) in [6.45, 7) is 0.459. The van der Waals surface area contributed by atoms with Crippen LogP contribution in [0.5, 0.6) is 0 Å². The molecule has 0 saturated heterocycles. The SMILES string of the molecule is COCCn1cc(C(=O)O)c(=O)n(C)c1=O. The molecule has 1 aromatic heterocycles. The van der Waals surface area contributed by atoms with Crippen LogP contribution in [0.2, 0.25) is 0 Å². The predicted octanol–water partition coefficient (Wildman–Crippen LogP) is -1.11. The maximum absolute atomic E-state index is 11.5. The summed E-state index contributed by atoms with van der Waals surface area (Å²) in [5, 5.41) is 8.77. The molecule has 1 rings (SSSR count). The largest absolute Gasteiger partial charge is 0.477 e. The summed E-state index contributed by atoms with van der Waals surface area (Å²) in [4.78, 5) is 33.7. The molecule has 0 saturated carbocycles. The zero-order chi connectivity index (χ0) is 12.3. The first-order chi connectivity index (χ1) is 7.49. The Morgan fingerprint density at radius 3 is 2.62 bits per heavy atom. The molecule has 0 atom stereocenters. The Labute approximate surface area is 90.5 Å². The fourth-order valence-corrected chi connectivity index (χ4v) is 1.22. The minimum absolute atomic E-state index is 0.198. The molecule has 0 aliphatic carbocycles. The van der Waals surface area contributed by atoms with E-state index in [1.807, 2.05) is 0 Å². The number of methoxy groups -OCH3 is 1. The first kappa shape index (κ1) is 12.2. The maximum atomic E-state index is 11.5. The standard InChI is InChI=1S/C9H12N2O5/c1-10-7(12)6(8(13)14)5-11(9(10)15)3-4-16-2/h5H,3-4H2,1-2H3,(H,13,14). The first-order valence-corrected chi connectivity index (χ1v) is 4.51. The lowest BCUT2D eigenvalue weighted by molar-refractivity contribution is 0.0692. The number of nitrogens with zero attached hydrogens (tertiary/aromatic N) is 2. The van der Waals surface area contributed by atoms with Crippen molar-refractivity contribution in [3.05, 3.63) is 32.6 Å². The van der Waals surface area contributed by atoms with Gasteiger partial charge in [-0.25, -0.2) is 9.59 Å². The highest BCUT2D eigenvalue weighted by atomic mass is 16.5. The third-order valence-electron chi connectivity index (χ3n) is 2.12. The van der Waals surface area contributed by atoms with Crippen molar-refractivity contribution in [2.45, 2.75) is 6.54 Å². The van der Waals surface area contributed by atoms with Crippen molar-refractivity contribution >= 4 is 5.97 Å². The van der Waals surface area contributed by atoms with Crippen LogP contribution in [-0.4, -0.2) is 33.9 Å². The maximum Gasteiger partial charge on any atom is 0.342 e. The summed E-state index contributed by atoms with van der Waals surface area (Å²) in [5.74, 6) is -1.35. The van der Waals surface area contributed by atoms with Crippen LogP contribution in [-0.2, 0) is 18.3 Å². The van der Waals surface area contributed by atoms with Crippen molar-refractivity contribution in [3.8, 4) is 0 Å².